The zero-order valence-corrected chi connectivity index (χ0v) is 12.0. The lowest BCUT2D eigenvalue weighted by atomic mass is 9.89. The predicted octanol–water partition coefficient (Wildman–Crippen LogP) is 2.97. The fraction of sp³-hybridized carbons (Fsp3) is 0.438. The Bertz CT molecular complexity index is 536. The van der Waals surface area contributed by atoms with Gasteiger partial charge in [0.15, 0.2) is 0 Å². The standard InChI is InChI=1S/C16H19NO4/c1-21-14-9-6-12(7-10-14)5-8-13(11-17(19)20)15-3-2-4-16(15)18/h5-10,13,15H,2-4,11H2,1H3/b8-5+/t13-,15+/m1/s1. The molecule has 21 heavy (non-hydrogen) atoms. The molecule has 1 aromatic carbocycles. The molecule has 1 saturated carbocycles. The number of rotatable bonds is 6. The van der Waals surface area contributed by atoms with Crippen molar-refractivity contribution in [3.63, 3.8) is 0 Å². The minimum absolute atomic E-state index is 0.154. The number of nitro groups is 1. The molecule has 2 rings (SSSR count). The first-order valence-electron chi connectivity index (χ1n) is 7.07. The van der Waals surface area contributed by atoms with E-state index in [1.165, 1.54) is 0 Å². The van der Waals surface area contributed by atoms with Crippen LogP contribution >= 0.6 is 0 Å². The lowest BCUT2D eigenvalue weighted by Gasteiger charge is -2.14. The average molecular weight is 289 g/mol. The molecule has 1 aromatic rings. The monoisotopic (exact) mass is 289 g/mol. The number of ether oxygens (including phenoxy) is 1. The highest BCUT2D eigenvalue weighted by Gasteiger charge is 2.33. The molecular weight excluding hydrogens is 270 g/mol. The average Bonchev–Trinajstić information content (AvgIpc) is 2.90. The summed E-state index contributed by atoms with van der Waals surface area (Å²) in [4.78, 5) is 22.3. The number of methoxy groups -OCH3 is 1. The number of hydrogen-bond acceptors (Lipinski definition) is 4. The Labute approximate surface area is 123 Å². The van der Waals surface area contributed by atoms with E-state index < -0.39 is 0 Å². The molecule has 112 valence electrons. The van der Waals surface area contributed by atoms with E-state index in [2.05, 4.69) is 0 Å². The van der Waals surface area contributed by atoms with Crippen LogP contribution in [0.25, 0.3) is 6.08 Å². The smallest absolute Gasteiger partial charge is 0.210 e. The van der Waals surface area contributed by atoms with Gasteiger partial charge in [-0.1, -0.05) is 24.3 Å². The SMILES string of the molecule is COc1ccc(/C=C/[C@H](C[N+](=O)[O-])[C@@H]2CCCC2=O)cc1. The maximum atomic E-state index is 11.8. The van der Waals surface area contributed by atoms with E-state index >= 15 is 0 Å². The molecule has 0 amide bonds. The highest BCUT2D eigenvalue weighted by molar-refractivity contribution is 5.83. The highest BCUT2D eigenvalue weighted by Crippen LogP contribution is 2.30. The first-order valence-corrected chi connectivity index (χ1v) is 7.07. The van der Waals surface area contributed by atoms with Crippen molar-refractivity contribution in [3.05, 3.63) is 46.0 Å². The largest absolute Gasteiger partial charge is 0.497 e. The Kier molecular flexibility index (Phi) is 5.09. The molecule has 0 heterocycles. The van der Waals surface area contributed by atoms with Gasteiger partial charge in [-0.15, -0.1) is 0 Å². The molecule has 0 aromatic heterocycles. The van der Waals surface area contributed by atoms with Crippen LogP contribution in [-0.2, 0) is 4.79 Å². The summed E-state index contributed by atoms with van der Waals surface area (Å²) in [7, 11) is 1.60. The van der Waals surface area contributed by atoms with Gasteiger partial charge in [-0.05, 0) is 30.5 Å². The van der Waals surface area contributed by atoms with Crippen LogP contribution in [0.3, 0.4) is 0 Å². The maximum absolute atomic E-state index is 11.8. The number of hydrogen-bond donors (Lipinski definition) is 0. The summed E-state index contributed by atoms with van der Waals surface area (Å²) in [6.07, 6.45) is 5.80. The Morgan fingerprint density at radius 3 is 2.67 bits per heavy atom. The molecule has 1 fully saturated rings. The zero-order chi connectivity index (χ0) is 15.2. The van der Waals surface area contributed by atoms with Gasteiger partial charge in [0.2, 0.25) is 6.54 Å². The van der Waals surface area contributed by atoms with Crippen molar-refractivity contribution in [1.82, 2.24) is 0 Å². The van der Waals surface area contributed by atoms with Gasteiger partial charge in [-0.25, -0.2) is 0 Å². The fourth-order valence-electron chi connectivity index (χ4n) is 2.74. The van der Waals surface area contributed by atoms with Gasteiger partial charge >= 0.3 is 0 Å². The van der Waals surface area contributed by atoms with Crippen LogP contribution in [-0.4, -0.2) is 24.4 Å². The Morgan fingerprint density at radius 1 is 1.43 bits per heavy atom. The van der Waals surface area contributed by atoms with Gasteiger partial charge in [0.1, 0.15) is 11.5 Å². The van der Waals surface area contributed by atoms with Crippen LogP contribution in [0.15, 0.2) is 30.3 Å². The highest BCUT2D eigenvalue weighted by atomic mass is 16.6. The maximum Gasteiger partial charge on any atom is 0.210 e. The Morgan fingerprint density at radius 2 is 2.14 bits per heavy atom. The van der Waals surface area contributed by atoms with Crippen molar-refractivity contribution in [2.45, 2.75) is 19.3 Å². The van der Waals surface area contributed by atoms with E-state index in [4.69, 9.17) is 4.74 Å². The van der Waals surface area contributed by atoms with E-state index in [9.17, 15) is 14.9 Å². The van der Waals surface area contributed by atoms with E-state index in [0.29, 0.717) is 6.42 Å². The number of carbonyl (C=O) groups is 1. The Balaban J connectivity index is 2.11. The number of ketones is 1. The van der Waals surface area contributed by atoms with Crippen molar-refractivity contribution >= 4 is 11.9 Å². The summed E-state index contributed by atoms with van der Waals surface area (Å²) in [5.41, 5.74) is 0.939. The van der Waals surface area contributed by atoms with Crippen LogP contribution in [0.4, 0.5) is 0 Å². The van der Waals surface area contributed by atoms with Crippen molar-refractivity contribution < 1.29 is 14.5 Å². The quantitative estimate of drug-likeness (QED) is 0.596. The van der Waals surface area contributed by atoms with Gasteiger partial charge in [0.05, 0.1) is 13.0 Å². The van der Waals surface area contributed by atoms with Crippen molar-refractivity contribution in [3.8, 4) is 5.75 Å². The second-order valence-corrected chi connectivity index (χ2v) is 5.28. The molecule has 0 spiro atoms. The lowest BCUT2D eigenvalue weighted by molar-refractivity contribution is -0.487. The predicted molar refractivity (Wildman–Crippen MR) is 79.7 cm³/mol. The van der Waals surface area contributed by atoms with Crippen LogP contribution in [0.1, 0.15) is 24.8 Å². The van der Waals surface area contributed by atoms with E-state index in [0.717, 1.165) is 24.2 Å². The molecule has 5 nitrogen and oxygen atoms in total. The van der Waals surface area contributed by atoms with Gasteiger partial charge < -0.3 is 4.74 Å². The second kappa shape index (κ2) is 7.02. The van der Waals surface area contributed by atoms with Gasteiger partial charge in [0.25, 0.3) is 0 Å². The van der Waals surface area contributed by atoms with Gasteiger partial charge in [-0.3, -0.25) is 14.9 Å². The molecule has 0 saturated heterocycles. The van der Waals surface area contributed by atoms with Crippen LogP contribution in [0.5, 0.6) is 5.75 Å². The topological polar surface area (TPSA) is 69.4 Å². The van der Waals surface area contributed by atoms with Crippen LogP contribution in [0.2, 0.25) is 0 Å². The molecule has 0 aliphatic heterocycles. The molecule has 5 heteroatoms. The minimum Gasteiger partial charge on any atom is -0.497 e. The molecule has 0 bridgehead atoms. The number of carbonyl (C=O) groups excluding carboxylic acids is 1. The molecule has 0 unspecified atom stereocenters. The summed E-state index contributed by atoms with van der Waals surface area (Å²) >= 11 is 0. The van der Waals surface area contributed by atoms with Crippen molar-refractivity contribution in [1.29, 1.82) is 0 Å². The molecule has 1 aliphatic rings. The molecule has 1 aliphatic carbocycles. The number of benzene rings is 1. The molecule has 0 radical (unpaired) electrons. The third-order valence-electron chi connectivity index (χ3n) is 3.88. The van der Waals surface area contributed by atoms with E-state index in [1.54, 1.807) is 13.2 Å². The number of Topliss-reactive ketones (excluding diaryl/α,β-unsaturated/α-hetero) is 1. The van der Waals surface area contributed by atoms with Crippen LogP contribution in [0, 0.1) is 22.0 Å². The molecule has 0 N–H and O–H groups in total. The van der Waals surface area contributed by atoms with E-state index in [1.807, 2.05) is 30.3 Å². The van der Waals surface area contributed by atoms with Crippen molar-refractivity contribution in [2.75, 3.05) is 13.7 Å². The molecular formula is C16H19NO4. The summed E-state index contributed by atoms with van der Waals surface area (Å²) < 4.78 is 5.08. The lowest BCUT2D eigenvalue weighted by Crippen LogP contribution is -2.24. The second-order valence-electron chi connectivity index (χ2n) is 5.28. The van der Waals surface area contributed by atoms with Crippen LogP contribution < -0.4 is 4.74 Å². The first-order chi connectivity index (χ1) is 10.1. The van der Waals surface area contributed by atoms with Gasteiger partial charge in [-0.2, -0.15) is 0 Å². The van der Waals surface area contributed by atoms with Crippen molar-refractivity contribution in [2.24, 2.45) is 11.8 Å². The summed E-state index contributed by atoms with van der Waals surface area (Å²) in [5.74, 6) is 0.392. The summed E-state index contributed by atoms with van der Waals surface area (Å²) in [5, 5.41) is 10.8. The number of nitrogens with zero attached hydrogens (tertiary/aromatic N) is 1. The van der Waals surface area contributed by atoms with E-state index in [-0.39, 0.29) is 29.1 Å². The zero-order valence-electron chi connectivity index (χ0n) is 12.0. The summed E-state index contributed by atoms with van der Waals surface area (Å²) in [6.45, 7) is -0.191. The third-order valence-corrected chi connectivity index (χ3v) is 3.88. The van der Waals surface area contributed by atoms with Gasteiger partial charge in [0, 0.05) is 17.3 Å². The Hall–Kier alpha value is -2.17. The first kappa shape index (κ1) is 15.2. The molecule has 2 atom stereocenters. The summed E-state index contributed by atoms with van der Waals surface area (Å²) in [6, 6.07) is 7.44. The third kappa shape index (κ3) is 4.15. The normalized spacial score (nSPS) is 19.9. The minimum atomic E-state index is -0.339. The fourth-order valence-corrected chi connectivity index (χ4v) is 2.74.